The van der Waals surface area contributed by atoms with Crippen molar-refractivity contribution in [1.29, 1.82) is 0 Å². The summed E-state index contributed by atoms with van der Waals surface area (Å²) in [6.07, 6.45) is 2.72. The van der Waals surface area contributed by atoms with Crippen molar-refractivity contribution >= 4 is 11.7 Å². The van der Waals surface area contributed by atoms with E-state index in [1.807, 2.05) is 36.1 Å². The smallest absolute Gasteiger partial charge is 0.321 e. The Morgan fingerprint density at radius 2 is 2.17 bits per heavy atom. The zero-order valence-corrected chi connectivity index (χ0v) is 14.4. The lowest BCUT2D eigenvalue weighted by Crippen LogP contribution is -2.51. The maximum atomic E-state index is 12.4. The number of urea groups is 1. The molecular weight excluding hydrogens is 306 g/mol. The predicted octanol–water partition coefficient (Wildman–Crippen LogP) is 2.41. The fourth-order valence-electron chi connectivity index (χ4n) is 3.24. The van der Waals surface area contributed by atoms with Crippen molar-refractivity contribution in [1.82, 2.24) is 9.80 Å². The van der Waals surface area contributed by atoms with Gasteiger partial charge in [-0.3, -0.25) is 4.90 Å². The first-order chi connectivity index (χ1) is 11.7. The number of amides is 2. The average Bonchev–Trinajstić information content (AvgIpc) is 3.09. The largest absolute Gasteiger partial charge is 0.494 e. The summed E-state index contributed by atoms with van der Waals surface area (Å²) in [6.45, 7) is 7.77. The Hall–Kier alpha value is -1.79. The molecule has 6 nitrogen and oxygen atoms in total. The minimum absolute atomic E-state index is 0.0413. The number of nitrogens with zero attached hydrogens (tertiary/aromatic N) is 2. The molecule has 1 aromatic rings. The molecule has 2 aliphatic rings. The number of ether oxygens (including phenoxy) is 2. The van der Waals surface area contributed by atoms with Gasteiger partial charge in [0.2, 0.25) is 0 Å². The number of hydrogen-bond acceptors (Lipinski definition) is 4. The molecule has 0 aliphatic carbocycles. The molecule has 1 aromatic carbocycles. The Morgan fingerprint density at radius 3 is 2.88 bits per heavy atom. The molecule has 2 aliphatic heterocycles. The van der Waals surface area contributed by atoms with E-state index in [1.54, 1.807) is 0 Å². The van der Waals surface area contributed by atoms with Gasteiger partial charge >= 0.3 is 6.03 Å². The molecular formula is C18H27N3O3. The van der Waals surface area contributed by atoms with Crippen LogP contribution in [-0.4, -0.2) is 67.9 Å². The van der Waals surface area contributed by atoms with Crippen molar-refractivity contribution in [3.05, 3.63) is 24.3 Å². The molecule has 0 spiro atoms. The van der Waals surface area contributed by atoms with Crippen LogP contribution >= 0.6 is 0 Å². The maximum absolute atomic E-state index is 12.4. The summed E-state index contributed by atoms with van der Waals surface area (Å²) in [4.78, 5) is 16.7. The first-order valence-electron chi connectivity index (χ1n) is 8.87. The van der Waals surface area contributed by atoms with Crippen molar-refractivity contribution in [2.45, 2.75) is 25.9 Å². The molecule has 132 valence electrons. The third kappa shape index (κ3) is 4.61. The SMILES string of the molecule is CCOc1cccc(NC(=O)N2CCN(CC3CCCO3)CC2)c1. The summed E-state index contributed by atoms with van der Waals surface area (Å²) in [5.41, 5.74) is 0.771. The number of anilines is 1. The van der Waals surface area contributed by atoms with Gasteiger partial charge in [0.15, 0.2) is 0 Å². The topological polar surface area (TPSA) is 54.0 Å². The van der Waals surface area contributed by atoms with Gasteiger partial charge in [-0.05, 0) is 31.9 Å². The summed E-state index contributed by atoms with van der Waals surface area (Å²) in [6, 6.07) is 7.48. The van der Waals surface area contributed by atoms with E-state index < -0.39 is 0 Å². The Kier molecular flexibility index (Phi) is 5.93. The first kappa shape index (κ1) is 17.0. The minimum Gasteiger partial charge on any atom is -0.494 e. The zero-order chi connectivity index (χ0) is 16.8. The Morgan fingerprint density at radius 1 is 1.33 bits per heavy atom. The molecule has 1 N–H and O–H groups in total. The highest BCUT2D eigenvalue weighted by molar-refractivity contribution is 5.89. The summed E-state index contributed by atoms with van der Waals surface area (Å²) >= 11 is 0. The van der Waals surface area contributed by atoms with E-state index in [1.165, 1.54) is 6.42 Å². The highest BCUT2D eigenvalue weighted by Crippen LogP contribution is 2.18. The second-order valence-corrected chi connectivity index (χ2v) is 6.31. The van der Waals surface area contributed by atoms with Crippen molar-refractivity contribution in [2.24, 2.45) is 0 Å². The van der Waals surface area contributed by atoms with E-state index in [4.69, 9.17) is 9.47 Å². The molecule has 0 aromatic heterocycles. The lowest BCUT2D eigenvalue weighted by molar-refractivity contribution is 0.0572. The third-order valence-electron chi connectivity index (χ3n) is 4.54. The molecule has 2 saturated heterocycles. The zero-order valence-electron chi connectivity index (χ0n) is 14.4. The van der Waals surface area contributed by atoms with Gasteiger partial charge < -0.3 is 19.7 Å². The maximum Gasteiger partial charge on any atom is 0.321 e. The van der Waals surface area contributed by atoms with Crippen LogP contribution in [0.3, 0.4) is 0 Å². The molecule has 2 fully saturated rings. The molecule has 2 amide bonds. The van der Waals surface area contributed by atoms with Gasteiger partial charge in [-0.2, -0.15) is 0 Å². The molecule has 1 unspecified atom stereocenters. The van der Waals surface area contributed by atoms with Crippen LogP contribution in [0.25, 0.3) is 0 Å². The molecule has 1 atom stereocenters. The van der Waals surface area contributed by atoms with E-state index in [-0.39, 0.29) is 6.03 Å². The predicted molar refractivity (Wildman–Crippen MR) is 93.6 cm³/mol. The van der Waals surface area contributed by atoms with Crippen LogP contribution in [0.15, 0.2) is 24.3 Å². The Labute approximate surface area is 143 Å². The molecule has 0 radical (unpaired) electrons. The summed E-state index contributed by atoms with van der Waals surface area (Å²) in [5, 5.41) is 2.96. The van der Waals surface area contributed by atoms with Gasteiger partial charge in [0.05, 0.1) is 12.7 Å². The van der Waals surface area contributed by atoms with Crippen LogP contribution in [0.2, 0.25) is 0 Å². The van der Waals surface area contributed by atoms with Crippen LogP contribution in [0, 0.1) is 0 Å². The highest BCUT2D eigenvalue weighted by Gasteiger charge is 2.24. The van der Waals surface area contributed by atoms with Gasteiger partial charge in [-0.1, -0.05) is 6.07 Å². The Bertz CT molecular complexity index is 538. The lowest BCUT2D eigenvalue weighted by atomic mass is 10.2. The van der Waals surface area contributed by atoms with Gasteiger partial charge in [0.25, 0.3) is 0 Å². The van der Waals surface area contributed by atoms with E-state index in [2.05, 4.69) is 10.2 Å². The fraction of sp³-hybridized carbons (Fsp3) is 0.611. The third-order valence-corrected chi connectivity index (χ3v) is 4.54. The Balaban J connectivity index is 1.45. The van der Waals surface area contributed by atoms with Gasteiger partial charge in [0.1, 0.15) is 5.75 Å². The van der Waals surface area contributed by atoms with Crippen LogP contribution in [0.5, 0.6) is 5.75 Å². The van der Waals surface area contributed by atoms with E-state index in [0.29, 0.717) is 12.7 Å². The molecule has 0 bridgehead atoms. The standard InChI is InChI=1S/C18H27N3O3/c1-2-23-16-6-3-5-15(13-16)19-18(22)21-10-8-20(9-11-21)14-17-7-4-12-24-17/h3,5-6,13,17H,2,4,7-12,14H2,1H3,(H,19,22). The fourth-order valence-corrected chi connectivity index (χ4v) is 3.24. The summed E-state index contributed by atoms with van der Waals surface area (Å²) in [5.74, 6) is 0.775. The van der Waals surface area contributed by atoms with E-state index >= 15 is 0 Å². The van der Waals surface area contributed by atoms with Crippen LogP contribution in [-0.2, 0) is 4.74 Å². The average molecular weight is 333 g/mol. The normalized spacial score (nSPS) is 21.7. The second-order valence-electron chi connectivity index (χ2n) is 6.31. The highest BCUT2D eigenvalue weighted by atomic mass is 16.5. The molecule has 0 saturated carbocycles. The van der Waals surface area contributed by atoms with Crippen molar-refractivity contribution < 1.29 is 14.3 Å². The number of nitrogens with one attached hydrogen (secondary N) is 1. The minimum atomic E-state index is -0.0413. The summed E-state index contributed by atoms with van der Waals surface area (Å²) < 4.78 is 11.2. The van der Waals surface area contributed by atoms with Crippen molar-refractivity contribution in [3.63, 3.8) is 0 Å². The number of rotatable bonds is 5. The second kappa shape index (κ2) is 8.35. The van der Waals surface area contributed by atoms with Crippen molar-refractivity contribution in [3.8, 4) is 5.75 Å². The quantitative estimate of drug-likeness (QED) is 0.899. The first-order valence-corrected chi connectivity index (χ1v) is 8.87. The van der Waals surface area contributed by atoms with Gasteiger partial charge in [-0.15, -0.1) is 0 Å². The number of benzene rings is 1. The molecule has 3 rings (SSSR count). The van der Waals surface area contributed by atoms with Crippen LogP contribution in [0.4, 0.5) is 10.5 Å². The lowest BCUT2D eigenvalue weighted by Gasteiger charge is -2.35. The van der Waals surface area contributed by atoms with Crippen molar-refractivity contribution in [2.75, 3.05) is 51.3 Å². The number of carbonyl (C=O) groups excluding carboxylic acids is 1. The molecule has 2 heterocycles. The number of piperazine rings is 1. The van der Waals surface area contributed by atoms with Gasteiger partial charge in [-0.25, -0.2) is 4.79 Å². The number of hydrogen-bond donors (Lipinski definition) is 1. The van der Waals surface area contributed by atoms with E-state index in [0.717, 1.165) is 57.2 Å². The van der Waals surface area contributed by atoms with Crippen LogP contribution < -0.4 is 10.1 Å². The molecule has 6 heteroatoms. The number of carbonyl (C=O) groups is 1. The summed E-state index contributed by atoms with van der Waals surface area (Å²) in [7, 11) is 0. The van der Waals surface area contributed by atoms with Gasteiger partial charge in [0, 0.05) is 51.1 Å². The molecule has 24 heavy (non-hydrogen) atoms. The van der Waals surface area contributed by atoms with Crippen LogP contribution in [0.1, 0.15) is 19.8 Å². The van der Waals surface area contributed by atoms with E-state index in [9.17, 15) is 4.79 Å². The monoisotopic (exact) mass is 333 g/mol.